The molecule has 1 aromatic carbocycles. The van der Waals surface area contributed by atoms with Crippen molar-refractivity contribution >= 4 is 26.8 Å². The minimum absolute atomic E-state index is 0.0342. The van der Waals surface area contributed by atoms with Gasteiger partial charge in [-0.1, -0.05) is 0 Å². The monoisotopic (exact) mass is 405 g/mol. The number of piperazine rings is 1. The lowest BCUT2D eigenvalue weighted by atomic mass is 10.2. The molecule has 0 N–H and O–H groups in total. The van der Waals surface area contributed by atoms with Crippen LogP contribution in [-0.4, -0.2) is 65.8 Å². The summed E-state index contributed by atoms with van der Waals surface area (Å²) in [6, 6.07) is 5.74. The van der Waals surface area contributed by atoms with Crippen molar-refractivity contribution in [1.29, 1.82) is 0 Å². The van der Waals surface area contributed by atoms with Crippen molar-refractivity contribution in [2.75, 3.05) is 44.2 Å². The molecule has 2 saturated heterocycles. The van der Waals surface area contributed by atoms with E-state index in [4.69, 9.17) is 0 Å². The van der Waals surface area contributed by atoms with E-state index in [0.29, 0.717) is 50.2 Å². The van der Waals surface area contributed by atoms with Gasteiger partial charge in [-0.15, -0.1) is 0 Å². The van der Waals surface area contributed by atoms with Crippen LogP contribution in [0.3, 0.4) is 0 Å². The topological polar surface area (TPSA) is 78.8 Å². The van der Waals surface area contributed by atoms with Crippen LogP contribution in [0.25, 0.3) is 10.9 Å². The Kier molecular flexibility index (Phi) is 5.15. The molecule has 0 spiro atoms. The number of rotatable bonds is 4. The summed E-state index contributed by atoms with van der Waals surface area (Å²) in [4.78, 5) is 19.2. The van der Waals surface area contributed by atoms with Gasteiger partial charge in [0.1, 0.15) is 0 Å². The number of hydrogen-bond donors (Lipinski definition) is 0. The highest BCUT2D eigenvalue weighted by Gasteiger charge is 2.33. The number of anilines is 1. The summed E-state index contributed by atoms with van der Waals surface area (Å²) in [5.74, 6) is 0. The summed E-state index contributed by atoms with van der Waals surface area (Å²) in [5.41, 5.74) is 1.61. The number of hydrogen-bond acceptors (Lipinski definition) is 5. The predicted octanol–water partition coefficient (Wildman–Crippen LogP) is 1.44. The Bertz CT molecular complexity index is 1020. The Morgan fingerprint density at radius 1 is 0.964 bits per heavy atom. The molecule has 2 aliphatic rings. The van der Waals surface area contributed by atoms with E-state index < -0.39 is 10.2 Å². The Labute approximate surface area is 165 Å². The van der Waals surface area contributed by atoms with Crippen molar-refractivity contribution in [2.45, 2.75) is 32.7 Å². The Morgan fingerprint density at radius 3 is 2.25 bits per heavy atom. The Hall–Kier alpha value is -1.97. The number of aromatic nitrogens is 2. The van der Waals surface area contributed by atoms with Gasteiger partial charge in [0, 0.05) is 51.0 Å². The summed E-state index contributed by atoms with van der Waals surface area (Å²) in [6.45, 7) is 7.37. The van der Waals surface area contributed by atoms with Crippen molar-refractivity contribution in [3.8, 4) is 0 Å². The maximum atomic E-state index is 12.7. The van der Waals surface area contributed by atoms with Crippen LogP contribution in [-0.2, 0) is 10.2 Å². The second-order valence-electron chi connectivity index (χ2n) is 7.75. The van der Waals surface area contributed by atoms with Crippen LogP contribution in [0, 0.1) is 0 Å². The molecule has 0 unspecified atom stereocenters. The van der Waals surface area contributed by atoms with E-state index in [9.17, 15) is 13.2 Å². The first-order valence-corrected chi connectivity index (χ1v) is 11.3. The lowest BCUT2D eigenvalue weighted by Gasteiger charge is -2.37. The highest BCUT2D eigenvalue weighted by atomic mass is 32.2. The standard InChI is InChI=1S/C19H27N5O3S/c1-15(2)24-14-20-18-13-16(5-6-17(18)19(24)25)21-9-11-23(12-10-21)28(26,27)22-7-3-4-8-22/h5-6,13-15H,3-4,7-12H2,1-2H3. The fourth-order valence-corrected chi connectivity index (χ4v) is 5.62. The SMILES string of the molecule is CC(C)n1cnc2cc(N3CCN(S(=O)(=O)N4CCCC4)CC3)ccc2c1=O. The number of nitrogens with zero attached hydrogens (tertiary/aromatic N) is 5. The van der Waals surface area contributed by atoms with Gasteiger partial charge in [-0.05, 0) is 44.9 Å². The van der Waals surface area contributed by atoms with Crippen LogP contribution < -0.4 is 10.5 Å². The minimum atomic E-state index is -3.34. The number of fused-ring (bicyclic) bond motifs is 1. The fourth-order valence-electron chi connectivity index (χ4n) is 3.95. The zero-order valence-electron chi connectivity index (χ0n) is 16.4. The molecule has 0 saturated carbocycles. The third-order valence-corrected chi connectivity index (χ3v) is 7.68. The maximum Gasteiger partial charge on any atom is 0.282 e. The summed E-state index contributed by atoms with van der Waals surface area (Å²) >= 11 is 0. The van der Waals surface area contributed by atoms with E-state index in [1.54, 1.807) is 19.5 Å². The third-order valence-electron chi connectivity index (χ3n) is 5.65. The van der Waals surface area contributed by atoms with Gasteiger partial charge in [-0.2, -0.15) is 17.0 Å². The van der Waals surface area contributed by atoms with Crippen LogP contribution in [0.4, 0.5) is 5.69 Å². The van der Waals surface area contributed by atoms with Crippen LogP contribution in [0.5, 0.6) is 0 Å². The Morgan fingerprint density at radius 2 is 1.61 bits per heavy atom. The molecule has 9 heteroatoms. The lowest BCUT2D eigenvalue weighted by molar-refractivity contribution is 0.343. The molecule has 4 rings (SSSR count). The first-order chi connectivity index (χ1) is 13.4. The molecule has 152 valence electrons. The highest BCUT2D eigenvalue weighted by molar-refractivity contribution is 7.86. The van der Waals surface area contributed by atoms with Crippen molar-refractivity contribution < 1.29 is 8.42 Å². The van der Waals surface area contributed by atoms with E-state index in [2.05, 4.69) is 9.88 Å². The largest absolute Gasteiger partial charge is 0.369 e. The van der Waals surface area contributed by atoms with Crippen molar-refractivity contribution in [3.05, 3.63) is 34.9 Å². The molecule has 8 nitrogen and oxygen atoms in total. The molecule has 1 aromatic heterocycles. The minimum Gasteiger partial charge on any atom is -0.369 e. The van der Waals surface area contributed by atoms with E-state index in [1.807, 2.05) is 32.0 Å². The summed E-state index contributed by atoms with van der Waals surface area (Å²) < 4.78 is 30.3. The molecular formula is C19H27N5O3S. The molecule has 0 atom stereocenters. The molecule has 0 radical (unpaired) electrons. The van der Waals surface area contributed by atoms with E-state index in [0.717, 1.165) is 18.5 Å². The van der Waals surface area contributed by atoms with E-state index >= 15 is 0 Å². The molecule has 0 amide bonds. The molecule has 2 aromatic rings. The van der Waals surface area contributed by atoms with Crippen LogP contribution >= 0.6 is 0 Å². The van der Waals surface area contributed by atoms with Gasteiger partial charge in [0.05, 0.1) is 17.2 Å². The van der Waals surface area contributed by atoms with Crippen LogP contribution in [0.1, 0.15) is 32.7 Å². The van der Waals surface area contributed by atoms with Gasteiger partial charge in [0.25, 0.3) is 15.8 Å². The van der Waals surface area contributed by atoms with Crippen LogP contribution in [0.2, 0.25) is 0 Å². The van der Waals surface area contributed by atoms with Crippen molar-refractivity contribution in [2.24, 2.45) is 0 Å². The Balaban J connectivity index is 1.51. The molecule has 3 heterocycles. The van der Waals surface area contributed by atoms with Gasteiger partial charge in [-0.3, -0.25) is 9.36 Å². The number of benzene rings is 1. The molecule has 0 bridgehead atoms. The van der Waals surface area contributed by atoms with Gasteiger partial charge in [-0.25, -0.2) is 4.98 Å². The van der Waals surface area contributed by atoms with Gasteiger partial charge < -0.3 is 4.90 Å². The van der Waals surface area contributed by atoms with Gasteiger partial charge in [0.2, 0.25) is 0 Å². The van der Waals surface area contributed by atoms with E-state index in [-0.39, 0.29) is 11.6 Å². The lowest BCUT2D eigenvalue weighted by Crippen LogP contribution is -2.52. The molecule has 2 fully saturated rings. The van der Waals surface area contributed by atoms with Gasteiger partial charge in [0.15, 0.2) is 0 Å². The second kappa shape index (κ2) is 7.46. The zero-order valence-corrected chi connectivity index (χ0v) is 17.2. The quantitative estimate of drug-likeness (QED) is 0.769. The average Bonchev–Trinajstić information content (AvgIpc) is 3.23. The zero-order chi connectivity index (χ0) is 19.9. The average molecular weight is 406 g/mol. The highest BCUT2D eigenvalue weighted by Crippen LogP contribution is 2.23. The smallest absolute Gasteiger partial charge is 0.282 e. The summed E-state index contributed by atoms with van der Waals surface area (Å²) in [7, 11) is -3.34. The normalized spacial score (nSPS) is 19.8. The van der Waals surface area contributed by atoms with Crippen molar-refractivity contribution in [1.82, 2.24) is 18.2 Å². The van der Waals surface area contributed by atoms with Crippen molar-refractivity contribution in [3.63, 3.8) is 0 Å². The molecule has 0 aliphatic carbocycles. The first-order valence-electron chi connectivity index (χ1n) is 9.89. The predicted molar refractivity (Wildman–Crippen MR) is 110 cm³/mol. The first kappa shape index (κ1) is 19.4. The molecular weight excluding hydrogens is 378 g/mol. The van der Waals surface area contributed by atoms with Gasteiger partial charge >= 0.3 is 0 Å². The summed E-state index contributed by atoms with van der Waals surface area (Å²) in [5, 5.41) is 0.607. The fraction of sp³-hybridized carbons (Fsp3) is 0.579. The van der Waals surface area contributed by atoms with E-state index in [1.165, 1.54) is 0 Å². The third kappa shape index (κ3) is 3.42. The molecule has 2 aliphatic heterocycles. The molecule has 28 heavy (non-hydrogen) atoms. The maximum absolute atomic E-state index is 12.7. The van der Waals surface area contributed by atoms with Crippen LogP contribution in [0.15, 0.2) is 29.3 Å². The second-order valence-corrected chi connectivity index (χ2v) is 9.68. The summed E-state index contributed by atoms with van der Waals surface area (Å²) in [6.07, 6.45) is 3.49.